The molecule has 0 amide bonds. The van der Waals surface area contributed by atoms with Crippen LogP contribution in [0.25, 0.3) is 0 Å². The minimum absolute atomic E-state index is 0. The molecule has 0 radical (unpaired) electrons. The number of hydrogen-bond donors (Lipinski definition) is 0. The van der Waals surface area contributed by atoms with Gasteiger partial charge in [-0.3, -0.25) is 9.59 Å². The van der Waals surface area contributed by atoms with Gasteiger partial charge in [0.05, 0.1) is 12.7 Å². The molecule has 0 aliphatic rings. The van der Waals surface area contributed by atoms with Gasteiger partial charge in [-0.15, -0.1) is 0 Å². The monoisotopic (exact) mass is 493 g/mol. The van der Waals surface area contributed by atoms with Crippen molar-refractivity contribution < 1.29 is 19.1 Å². The maximum Gasteiger partial charge on any atom is 0.316 e. The average Bonchev–Trinajstić information content (AvgIpc) is 2.71. The molecule has 0 saturated heterocycles. The Kier molecular flexibility index (Phi) is 46.8. The molecular weight excluding hydrogens is 424 g/mol. The fourth-order valence-electron chi connectivity index (χ4n) is 3.78. The van der Waals surface area contributed by atoms with Gasteiger partial charge in [-0.2, -0.15) is 0 Å². The molecule has 0 fully saturated rings. The summed E-state index contributed by atoms with van der Waals surface area (Å²) in [6, 6.07) is 0. The molecule has 34 heavy (non-hydrogen) atoms. The van der Waals surface area contributed by atoms with Gasteiger partial charge in [0, 0.05) is 13.5 Å². The van der Waals surface area contributed by atoms with E-state index in [1.165, 1.54) is 51.4 Å². The van der Waals surface area contributed by atoms with Crippen LogP contribution in [-0.4, -0.2) is 31.6 Å². The third kappa shape index (κ3) is 25.7. The van der Waals surface area contributed by atoms with Crippen LogP contribution in [0.3, 0.4) is 0 Å². The SMILES string of the molecule is C.C.C.C.C.CCCCCCCCCCCC(CC(=O)C(CCCCCC)C(=O)OCC)OC. The van der Waals surface area contributed by atoms with Gasteiger partial charge in [0.2, 0.25) is 0 Å². The van der Waals surface area contributed by atoms with E-state index >= 15 is 0 Å². The number of hydrogen-bond acceptors (Lipinski definition) is 4. The van der Waals surface area contributed by atoms with Gasteiger partial charge in [-0.1, -0.05) is 134 Å². The summed E-state index contributed by atoms with van der Waals surface area (Å²) in [6.45, 7) is 6.52. The summed E-state index contributed by atoms with van der Waals surface area (Å²) in [4.78, 5) is 25.0. The molecule has 0 rings (SSSR count). The molecule has 0 aliphatic carbocycles. The average molecular weight is 493 g/mol. The molecule has 0 aliphatic heterocycles. The number of esters is 1. The van der Waals surface area contributed by atoms with Crippen molar-refractivity contribution in [3.8, 4) is 0 Å². The van der Waals surface area contributed by atoms with Crippen molar-refractivity contribution in [2.24, 2.45) is 5.92 Å². The van der Waals surface area contributed by atoms with Crippen molar-refractivity contribution in [3.63, 3.8) is 0 Å². The van der Waals surface area contributed by atoms with Crippen molar-refractivity contribution in [2.75, 3.05) is 13.7 Å². The summed E-state index contributed by atoms with van der Waals surface area (Å²) < 4.78 is 10.7. The van der Waals surface area contributed by atoms with E-state index in [1.54, 1.807) is 14.0 Å². The molecule has 0 saturated carbocycles. The Morgan fingerprint density at radius 3 is 1.47 bits per heavy atom. The lowest BCUT2D eigenvalue weighted by atomic mass is 9.92. The zero-order chi connectivity index (χ0) is 21.7. The van der Waals surface area contributed by atoms with Crippen LogP contribution in [-0.2, 0) is 19.1 Å². The third-order valence-corrected chi connectivity index (χ3v) is 5.70. The predicted octanol–water partition coefficient (Wildman–Crippen LogP) is 10.2. The second-order valence-electron chi connectivity index (χ2n) is 8.30. The first-order chi connectivity index (χ1) is 14.1. The van der Waals surface area contributed by atoms with E-state index < -0.39 is 5.92 Å². The van der Waals surface area contributed by atoms with Gasteiger partial charge in [0.1, 0.15) is 11.7 Å². The molecule has 4 nitrogen and oxygen atoms in total. The Bertz CT molecular complexity index is 395. The lowest BCUT2D eigenvalue weighted by molar-refractivity contribution is -0.152. The highest BCUT2D eigenvalue weighted by Gasteiger charge is 2.29. The maximum absolute atomic E-state index is 12.8. The van der Waals surface area contributed by atoms with Crippen LogP contribution < -0.4 is 0 Å². The summed E-state index contributed by atoms with van der Waals surface area (Å²) in [7, 11) is 1.67. The number of ether oxygens (including phenoxy) is 2. The lowest BCUT2D eigenvalue weighted by Crippen LogP contribution is -2.29. The molecule has 0 aromatic heterocycles. The fourth-order valence-corrected chi connectivity index (χ4v) is 3.78. The fraction of sp³-hybridized carbons (Fsp3) is 0.933. The highest BCUT2D eigenvalue weighted by atomic mass is 16.5. The molecular formula is C30H68O4. The van der Waals surface area contributed by atoms with E-state index in [2.05, 4.69) is 13.8 Å². The first-order valence-corrected chi connectivity index (χ1v) is 12.3. The number of carbonyl (C=O) groups is 2. The normalized spacial score (nSPS) is 11.3. The Labute approximate surface area is 217 Å². The quantitative estimate of drug-likeness (QED) is 0.0908. The molecule has 0 aromatic rings. The van der Waals surface area contributed by atoms with Gasteiger partial charge >= 0.3 is 5.97 Å². The van der Waals surface area contributed by atoms with E-state index in [4.69, 9.17) is 9.47 Å². The van der Waals surface area contributed by atoms with Crippen molar-refractivity contribution in [1.82, 2.24) is 0 Å². The second-order valence-corrected chi connectivity index (χ2v) is 8.30. The number of ketones is 1. The topological polar surface area (TPSA) is 52.6 Å². The van der Waals surface area contributed by atoms with Crippen molar-refractivity contribution in [1.29, 1.82) is 0 Å². The number of unbranched alkanes of at least 4 members (excludes halogenated alkanes) is 11. The van der Waals surface area contributed by atoms with E-state index in [9.17, 15) is 9.59 Å². The Hall–Kier alpha value is -0.900. The van der Waals surface area contributed by atoms with Crippen LogP contribution in [0, 0.1) is 5.92 Å². The van der Waals surface area contributed by atoms with Gasteiger partial charge in [0.15, 0.2) is 0 Å². The molecule has 0 spiro atoms. The smallest absolute Gasteiger partial charge is 0.316 e. The first kappa shape index (κ1) is 46.4. The van der Waals surface area contributed by atoms with Crippen molar-refractivity contribution >= 4 is 11.8 Å². The van der Waals surface area contributed by atoms with Crippen molar-refractivity contribution in [3.05, 3.63) is 0 Å². The zero-order valence-electron chi connectivity index (χ0n) is 19.8. The molecule has 0 heterocycles. The molecule has 0 N–H and O–H groups in total. The number of Topliss-reactive ketones (excluding diaryl/α,β-unsaturated/α-hetero) is 1. The molecule has 0 bridgehead atoms. The summed E-state index contributed by atoms with van der Waals surface area (Å²) in [6.07, 6.45) is 17.6. The Balaban J connectivity index is -0.000000392. The molecule has 2 atom stereocenters. The highest BCUT2D eigenvalue weighted by molar-refractivity contribution is 5.99. The van der Waals surface area contributed by atoms with Crippen molar-refractivity contribution in [2.45, 2.75) is 167 Å². The minimum Gasteiger partial charge on any atom is -0.465 e. The zero-order valence-corrected chi connectivity index (χ0v) is 19.8. The van der Waals surface area contributed by atoms with Crippen LogP contribution in [0.2, 0.25) is 0 Å². The van der Waals surface area contributed by atoms with Gasteiger partial charge in [0.25, 0.3) is 0 Å². The molecule has 0 aromatic carbocycles. The maximum atomic E-state index is 12.8. The Morgan fingerprint density at radius 1 is 0.618 bits per heavy atom. The summed E-state index contributed by atoms with van der Waals surface area (Å²) in [5.74, 6) is -0.984. The number of rotatable bonds is 21. The Morgan fingerprint density at radius 2 is 1.03 bits per heavy atom. The summed E-state index contributed by atoms with van der Waals surface area (Å²) in [5, 5.41) is 0. The van der Waals surface area contributed by atoms with Crippen LogP contribution in [0.1, 0.15) is 161 Å². The van der Waals surface area contributed by atoms with Gasteiger partial charge in [-0.25, -0.2) is 0 Å². The summed E-state index contributed by atoms with van der Waals surface area (Å²) >= 11 is 0. The largest absolute Gasteiger partial charge is 0.465 e. The van der Waals surface area contributed by atoms with Crippen LogP contribution in [0.5, 0.6) is 0 Å². The van der Waals surface area contributed by atoms with E-state index in [-0.39, 0.29) is 55.0 Å². The van der Waals surface area contributed by atoms with Gasteiger partial charge in [-0.05, 0) is 19.8 Å². The van der Waals surface area contributed by atoms with E-state index in [0.717, 1.165) is 38.5 Å². The highest BCUT2D eigenvalue weighted by Crippen LogP contribution is 2.20. The molecule has 212 valence electrons. The third-order valence-electron chi connectivity index (χ3n) is 5.70. The summed E-state index contributed by atoms with van der Waals surface area (Å²) in [5.41, 5.74) is 0. The number of methoxy groups -OCH3 is 1. The number of carbonyl (C=O) groups excluding carboxylic acids is 2. The molecule has 4 heteroatoms. The van der Waals surface area contributed by atoms with E-state index in [1.807, 2.05) is 0 Å². The van der Waals surface area contributed by atoms with Crippen LogP contribution in [0.15, 0.2) is 0 Å². The van der Waals surface area contributed by atoms with Crippen LogP contribution in [0.4, 0.5) is 0 Å². The predicted molar refractivity (Wildman–Crippen MR) is 155 cm³/mol. The second kappa shape index (κ2) is 34.3. The lowest BCUT2D eigenvalue weighted by Gasteiger charge is -2.19. The van der Waals surface area contributed by atoms with Crippen LogP contribution >= 0.6 is 0 Å². The van der Waals surface area contributed by atoms with Gasteiger partial charge < -0.3 is 9.47 Å². The molecule has 2 unspecified atom stereocenters. The first-order valence-electron chi connectivity index (χ1n) is 12.3. The standard InChI is InChI=1S/C25H48O4.5CH4/c1-5-8-10-12-13-14-15-16-17-19-22(28-4)21-24(26)23(25(27)29-7-3)20-18-11-9-6-2;;;;;/h22-23H,5-21H2,1-4H3;5*1H4. The van der Waals surface area contributed by atoms with E-state index in [0.29, 0.717) is 19.4 Å². The minimum atomic E-state index is -0.618.